The second-order valence-corrected chi connectivity index (χ2v) is 3.77. The van der Waals surface area contributed by atoms with E-state index >= 15 is 0 Å². The van der Waals surface area contributed by atoms with Gasteiger partial charge in [0.1, 0.15) is 36.6 Å². The molecule has 0 aromatic carbocycles. The van der Waals surface area contributed by atoms with Crippen LogP contribution in [0.3, 0.4) is 0 Å². The molecule has 108 valence electrons. The Labute approximate surface area is 102 Å². The number of rotatable bonds is 8. The minimum absolute atomic E-state index is 0.908. The molecule has 9 nitrogen and oxygen atoms in total. The first-order valence-electron chi connectivity index (χ1n) is 5.11. The van der Waals surface area contributed by atoms with Crippen LogP contribution in [0, 0.1) is 0 Å². The zero-order valence-electron chi connectivity index (χ0n) is 9.36. The van der Waals surface area contributed by atoms with Crippen LogP contribution in [0.15, 0.2) is 0 Å². The first-order chi connectivity index (χ1) is 8.27. The Hall–Kier alpha value is -0.650. The number of aliphatic hydroxyl groups excluding tert-OH is 8. The molecule has 0 rings (SSSR count). The van der Waals surface area contributed by atoms with Crippen molar-refractivity contribution >= 4 is 5.78 Å². The number of carbonyl (C=O) groups is 1. The van der Waals surface area contributed by atoms with Crippen molar-refractivity contribution in [2.24, 2.45) is 0 Å². The first kappa shape index (κ1) is 17.4. The van der Waals surface area contributed by atoms with E-state index in [-0.39, 0.29) is 0 Å². The fourth-order valence-corrected chi connectivity index (χ4v) is 1.18. The summed E-state index contributed by atoms with van der Waals surface area (Å²) in [7, 11) is 0. The molecule has 0 saturated heterocycles. The minimum atomic E-state index is -2.26. The van der Waals surface area contributed by atoms with Crippen molar-refractivity contribution in [1.29, 1.82) is 0 Å². The smallest absolute Gasteiger partial charge is 0.194 e. The van der Waals surface area contributed by atoms with Crippen LogP contribution >= 0.6 is 0 Å². The molecule has 0 saturated carbocycles. The van der Waals surface area contributed by atoms with Crippen molar-refractivity contribution in [2.75, 3.05) is 13.2 Å². The van der Waals surface area contributed by atoms with Gasteiger partial charge in [0.25, 0.3) is 0 Å². The topological polar surface area (TPSA) is 179 Å². The molecule has 0 unspecified atom stereocenters. The summed E-state index contributed by atoms with van der Waals surface area (Å²) in [6.07, 6.45) is -12.3. The lowest BCUT2D eigenvalue weighted by Gasteiger charge is -2.28. The van der Waals surface area contributed by atoms with Crippen LogP contribution in [0.5, 0.6) is 0 Å². The van der Waals surface area contributed by atoms with Crippen molar-refractivity contribution in [3.05, 3.63) is 0 Å². The number of ketones is 1. The van der Waals surface area contributed by atoms with E-state index in [1.54, 1.807) is 0 Å². The summed E-state index contributed by atoms with van der Waals surface area (Å²) in [4.78, 5) is 11.2. The van der Waals surface area contributed by atoms with Crippen LogP contribution in [0.4, 0.5) is 0 Å². The van der Waals surface area contributed by atoms with Gasteiger partial charge < -0.3 is 40.9 Å². The van der Waals surface area contributed by atoms with E-state index < -0.39 is 55.6 Å². The molecule has 0 bridgehead atoms. The molecule has 0 aliphatic heterocycles. The quantitative estimate of drug-likeness (QED) is 0.214. The minimum Gasteiger partial charge on any atom is -0.394 e. The van der Waals surface area contributed by atoms with E-state index in [1.807, 2.05) is 0 Å². The van der Waals surface area contributed by atoms with Gasteiger partial charge in [-0.05, 0) is 0 Å². The van der Waals surface area contributed by atoms with E-state index in [0.717, 1.165) is 0 Å². The van der Waals surface area contributed by atoms with Gasteiger partial charge in [-0.25, -0.2) is 0 Å². The van der Waals surface area contributed by atoms with Crippen molar-refractivity contribution in [3.8, 4) is 0 Å². The van der Waals surface area contributed by atoms with Gasteiger partial charge in [0.05, 0.1) is 13.2 Å². The number of hydrogen-bond donors (Lipinski definition) is 8. The normalized spacial score (nSPS) is 21.8. The van der Waals surface area contributed by atoms with E-state index in [2.05, 4.69) is 0 Å². The zero-order chi connectivity index (χ0) is 14.5. The van der Waals surface area contributed by atoms with Gasteiger partial charge in [-0.1, -0.05) is 0 Å². The molecule has 0 aliphatic carbocycles. The van der Waals surface area contributed by atoms with Crippen molar-refractivity contribution in [2.45, 2.75) is 36.6 Å². The number of aliphatic hydroxyl groups is 8. The van der Waals surface area contributed by atoms with E-state index in [9.17, 15) is 25.2 Å². The third-order valence-corrected chi connectivity index (χ3v) is 2.40. The Bertz CT molecular complexity index is 258. The highest BCUT2D eigenvalue weighted by Crippen LogP contribution is 2.10. The fraction of sp³-hybridized carbons (Fsp3) is 0.889. The highest BCUT2D eigenvalue weighted by Gasteiger charge is 2.38. The van der Waals surface area contributed by atoms with Crippen LogP contribution in [-0.4, -0.2) is 96.5 Å². The highest BCUT2D eigenvalue weighted by molar-refractivity contribution is 5.87. The maximum absolute atomic E-state index is 11.2. The van der Waals surface area contributed by atoms with Gasteiger partial charge in [0.15, 0.2) is 5.78 Å². The number of hydrogen-bond acceptors (Lipinski definition) is 9. The molecule has 8 N–H and O–H groups in total. The second-order valence-electron chi connectivity index (χ2n) is 3.77. The molecule has 0 fully saturated rings. The Morgan fingerprint density at radius 2 is 1.28 bits per heavy atom. The van der Waals surface area contributed by atoms with Gasteiger partial charge in [0, 0.05) is 0 Å². The largest absolute Gasteiger partial charge is 0.394 e. The Morgan fingerprint density at radius 1 is 0.778 bits per heavy atom. The Balaban J connectivity index is 4.63. The molecule has 0 spiro atoms. The standard InChI is InChI=1S/C9H18O9/c10-1-3(12)5(14)7(16)9(18)8(17)6(15)4(13)2-11/h3-5,7-14,16-18H,1-2H2/t3-,4-,5+,7+,8-,9+/m0/s1. The second kappa shape index (κ2) is 7.71. The molecule has 6 atom stereocenters. The zero-order valence-corrected chi connectivity index (χ0v) is 9.36. The van der Waals surface area contributed by atoms with E-state index in [1.165, 1.54) is 0 Å². The van der Waals surface area contributed by atoms with Crippen LogP contribution in [0.1, 0.15) is 0 Å². The maximum atomic E-state index is 11.2. The first-order valence-corrected chi connectivity index (χ1v) is 5.11. The summed E-state index contributed by atoms with van der Waals surface area (Å²) >= 11 is 0. The van der Waals surface area contributed by atoms with Crippen LogP contribution in [0.2, 0.25) is 0 Å². The van der Waals surface area contributed by atoms with Crippen molar-refractivity contribution < 1.29 is 45.6 Å². The SMILES string of the molecule is O=C([C@@H](O)CO)[C@H](O)[C@H](O)[C@H](O)[C@H](O)[C@@H](O)CO. The molecule has 0 amide bonds. The van der Waals surface area contributed by atoms with Gasteiger partial charge in [-0.3, -0.25) is 4.79 Å². The van der Waals surface area contributed by atoms with Gasteiger partial charge in [-0.2, -0.15) is 0 Å². The molecule has 9 heteroatoms. The van der Waals surface area contributed by atoms with Crippen LogP contribution in [-0.2, 0) is 4.79 Å². The van der Waals surface area contributed by atoms with E-state index in [0.29, 0.717) is 0 Å². The predicted molar refractivity (Wildman–Crippen MR) is 55.2 cm³/mol. The van der Waals surface area contributed by atoms with Crippen molar-refractivity contribution in [1.82, 2.24) is 0 Å². The molecular weight excluding hydrogens is 252 g/mol. The van der Waals surface area contributed by atoms with Crippen LogP contribution < -0.4 is 0 Å². The maximum Gasteiger partial charge on any atom is 0.194 e. The predicted octanol–water partition coefficient (Wildman–Crippen LogP) is -5.29. The molecular formula is C9H18O9. The summed E-state index contributed by atoms with van der Waals surface area (Å²) in [5, 5.41) is 72.1. The lowest BCUT2D eigenvalue weighted by molar-refractivity contribution is -0.162. The molecule has 0 radical (unpaired) electrons. The lowest BCUT2D eigenvalue weighted by atomic mass is 9.95. The average molecular weight is 270 g/mol. The fourth-order valence-electron chi connectivity index (χ4n) is 1.18. The average Bonchev–Trinajstić information content (AvgIpc) is 2.40. The summed E-state index contributed by atoms with van der Waals surface area (Å²) < 4.78 is 0. The Morgan fingerprint density at radius 3 is 1.67 bits per heavy atom. The molecule has 0 aromatic heterocycles. The molecule has 0 heterocycles. The summed E-state index contributed by atoms with van der Waals surface area (Å²) in [6, 6.07) is 0. The lowest BCUT2D eigenvalue weighted by Crippen LogP contribution is -2.53. The van der Waals surface area contributed by atoms with Gasteiger partial charge in [-0.15, -0.1) is 0 Å². The number of Topliss-reactive ketones (excluding diaryl/α,β-unsaturated/α-hetero) is 1. The Kier molecular flexibility index (Phi) is 7.43. The molecule has 0 aromatic rings. The molecule has 0 aliphatic rings. The summed E-state index contributed by atoms with van der Waals surface area (Å²) in [5.41, 5.74) is 0. The monoisotopic (exact) mass is 270 g/mol. The van der Waals surface area contributed by atoms with Gasteiger partial charge in [0.2, 0.25) is 0 Å². The van der Waals surface area contributed by atoms with Crippen molar-refractivity contribution in [3.63, 3.8) is 0 Å². The van der Waals surface area contributed by atoms with Gasteiger partial charge >= 0.3 is 0 Å². The highest BCUT2D eigenvalue weighted by atomic mass is 16.4. The van der Waals surface area contributed by atoms with E-state index in [4.69, 9.17) is 20.4 Å². The van der Waals surface area contributed by atoms with Crippen LogP contribution in [0.25, 0.3) is 0 Å². The summed E-state index contributed by atoms with van der Waals surface area (Å²) in [6.45, 7) is -1.89. The third kappa shape index (κ3) is 4.23. The number of carbonyl (C=O) groups excluding carboxylic acids is 1. The summed E-state index contributed by atoms with van der Waals surface area (Å²) in [5.74, 6) is -1.35. The molecule has 18 heavy (non-hydrogen) atoms. The third-order valence-electron chi connectivity index (χ3n) is 2.40.